The van der Waals surface area contributed by atoms with E-state index in [2.05, 4.69) is 13.0 Å². The molecule has 17 heavy (non-hydrogen) atoms. The number of hydrogen-bond acceptors (Lipinski definition) is 3. The van der Waals surface area contributed by atoms with Crippen LogP contribution in [0.2, 0.25) is 0 Å². The molecule has 2 aliphatic carbocycles. The molecule has 3 nitrogen and oxygen atoms in total. The quantitative estimate of drug-likeness (QED) is 0.821. The van der Waals surface area contributed by atoms with E-state index in [0.29, 0.717) is 25.4 Å². The van der Waals surface area contributed by atoms with Crippen LogP contribution in [0.4, 0.5) is 0 Å². The van der Waals surface area contributed by atoms with Crippen LogP contribution in [0, 0.1) is 22.7 Å². The topological polar surface area (TPSA) is 53.2 Å². The molecule has 2 rings (SSSR count). The van der Waals surface area contributed by atoms with Crippen LogP contribution in [0.5, 0.6) is 0 Å². The highest BCUT2D eigenvalue weighted by Crippen LogP contribution is 2.54. The van der Waals surface area contributed by atoms with Gasteiger partial charge < -0.3 is 9.84 Å². The van der Waals surface area contributed by atoms with Crippen LogP contribution in [-0.4, -0.2) is 23.4 Å². The van der Waals surface area contributed by atoms with Crippen LogP contribution < -0.4 is 0 Å². The van der Waals surface area contributed by atoms with Crippen molar-refractivity contribution >= 4 is 0 Å². The third-order valence-electron chi connectivity index (χ3n) is 4.77. The van der Waals surface area contributed by atoms with E-state index in [-0.39, 0.29) is 6.10 Å². The lowest BCUT2D eigenvalue weighted by atomic mass is 9.54. The summed E-state index contributed by atoms with van der Waals surface area (Å²) in [5, 5.41) is 20.2. The summed E-state index contributed by atoms with van der Waals surface area (Å²) in [6, 6.07) is 2.44. The molecule has 1 N–H and O–H groups in total. The average molecular weight is 237 g/mol. The van der Waals surface area contributed by atoms with Gasteiger partial charge in [-0.15, -0.1) is 0 Å². The Morgan fingerprint density at radius 2 is 1.94 bits per heavy atom. The van der Waals surface area contributed by atoms with Gasteiger partial charge in [-0.05, 0) is 38.5 Å². The molecule has 2 fully saturated rings. The van der Waals surface area contributed by atoms with Crippen LogP contribution in [0.15, 0.2) is 0 Å². The summed E-state index contributed by atoms with van der Waals surface area (Å²) in [4.78, 5) is 0. The fourth-order valence-electron chi connectivity index (χ4n) is 3.37. The van der Waals surface area contributed by atoms with E-state index in [1.165, 1.54) is 0 Å². The summed E-state index contributed by atoms with van der Waals surface area (Å²) in [5.41, 5.74) is -1.30. The van der Waals surface area contributed by atoms with Crippen LogP contribution >= 0.6 is 0 Å². The predicted octanol–water partition coefficient (Wildman–Crippen LogP) is 2.64. The molecule has 2 aliphatic rings. The lowest BCUT2D eigenvalue weighted by Crippen LogP contribution is -2.60. The molecule has 0 amide bonds. The second kappa shape index (κ2) is 4.59. The molecule has 0 spiro atoms. The molecule has 96 valence electrons. The molecule has 3 heteroatoms. The number of rotatable bonds is 3. The molecule has 0 unspecified atom stereocenters. The Kier molecular flexibility index (Phi) is 3.47. The van der Waals surface area contributed by atoms with Crippen molar-refractivity contribution in [1.82, 2.24) is 0 Å². The summed E-state index contributed by atoms with van der Waals surface area (Å²) < 4.78 is 5.51. The highest BCUT2D eigenvalue weighted by atomic mass is 16.5. The van der Waals surface area contributed by atoms with Gasteiger partial charge in [0.2, 0.25) is 0 Å². The van der Waals surface area contributed by atoms with Crippen LogP contribution in [0.1, 0.15) is 52.4 Å². The summed E-state index contributed by atoms with van der Waals surface area (Å²) in [7, 11) is 0. The smallest absolute Gasteiger partial charge is 0.0882 e. The van der Waals surface area contributed by atoms with Gasteiger partial charge in [-0.3, -0.25) is 0 Å². The van der Waals surface area contributed by atoms with Crippen LogP contribution in [-0.2, 0) is 4.74 Å². The maximum atomic E-state index is 10.7. The van der Waals surface area contributed by atoms with E-state index in [0.717, 1.165) is 25.7 Å². The maximum absolute atomic E-state index is 10.7. The minimum Gasteiger partial charge on any atom is -0.388 e. The monoisotopic (exact) mass is 237 g/mol. The first-order valence-electron chi connectivity index (χ1n) is 6.80. The summed E-state index contributed by atoms with van der Waals surface area (Å²) in [6.45, 7) is 4.90. The minimum absolute atomic E-state index is 0.162. The van der Waals surface area contributed by atoms with Crippen molar-refractivity contribution in [2.24, 2.45) is 11.3 Å². The maximum Gasteiger partial charge on any atom is 0.0882 e. The summed E-state index contributed by atoms with van der Waals surface area (Å²) in [5.74, 6) is 0.697. The van der Waals surface area contributed by atoms with Gasteiger partial charge in [0.1, 0.15) is 0 Å². The van der Waals surface area contributed by atoms with Crippen molar-refractivity contribution in [3.63, 3.8) is 0 Å². The third kappa shape index (κ3) is 2.09. The van der Waals surface area contributed by atoms with Gasteiger partial charge in [-0.2, -0.15) is 5.26 Å². The molecule has 0 aromatic rings. The Bertz CT molecular complexity index is 307. The Morgan fingerprint density at radius 3 is 2.41 bits per heavy atom. The van der Waals surface area contributed by atoms with Crippen LogP contribution in [0.25, 0.3) is 0 Å². The first kappa shape index (κ1) is 12.9. The van der Waals surface area contributed by atoms with E-state index in [9.17, 15) is 10.4 Å². The fourth-order valence-corrected chi connectivity index (χ4v) is 3.37. The SMILES string of the molecule is CCOC1CC(O)(C2(C#N)CCC(C)CC2)C1. The zero-order chi connectivity index (χ0) is 12.5. The predicted molar refractivity (Wildman–Crippen MR) is 65.3 cm³/mol. The van der Waals surface area contributed by atoms with Gasteiger partial charge in [-0.25, -0.2) is 0 Å². The van der Waals surface area contributed by atoms with Crippen molar-refractivity contribution in [2.75, 3.05) is 6.61 Å². The first-order chi connectivity index (χ1) is 8.05. The summed E-state index contributed by atoms with van der Waals surface area (Å²) in [6.07, 6.45) is 5.27. The lowest BCUT2D eigenvalue weighted by molar-refractivity contribution is -0.195. The zero-order valence-electron chi connectivity index (χ0n) is 10.9. The number of nitriles is 1. The zero-order valence-corrected chi connectivity index (χ0v) is 10.9. The second-order valence-electron chi connectivity index (χ2n) is 5.89. The van der Waals surface area contributed by atoms with Crippen molar-refractivity contribution in [1.29, 1.82) is 5.26 Å². The largest absolute Gasteiger partial charge is 0.388 e. The van der Waals surface area contributed by atoms with E-state index >= 15 is 0 Å². The molecule has 0 bridgehead atoms. The van der Waals surface area contributed by atoms with Gasteiger partial charge in [0.25, 0.3) is 0 Å². The lowest BCUT2D eigenvalue weighted by Gasteiger charge is -2.54. The average Bonchev–Trinajstić information content (AvgIpc) is 2.28. The van der Waals surface area contributed by atoms with Gasteiger partial charge in [0.05, 0.1) is 23.2 Å². The Hall–Kier alpha value is -0.590. The molecule has 0 aromatic carbocycles. The number of aliphatic hydroxyl groups is 1. The Balaban J connectivity index is 2.02. The van der Waals surface area contributed by atoms with Gasteiger partial charge in [0.15, 0.2) is 0 Å². The highest BCUT2D eigenvalue weighted by Gasteiger charge is 2.58. The molecular formula is C14H23NO2. The van der Waals surface area contributed by atoms with E-state index < -0.39 is 11.0 Å². The highest BCUT2D eigenvalue weighted by molar-refractivity contribution is 5.18. The first-order valence-corrected chi connectivity index (χ1v) is 6.80. The molecule has 0 atom stereocenters. The minimum atomic E-state index is -0.790. The molecular weight excluding hydrogens is 214 g/mol. The third-order valence-corrected chi connectivity index (χ3v) is 4.77. The van der Waals surface area contributed by atoms with Crippen molar-refractivity contribution in [3.05, 3.63) is 0 Å². The van der Waals surface area contributed by atoms with Crippen LogP contribution in [0.3, 0.4) is 0 Å². The standard InChI is InChI=1S/C14H23NO2/c1-3-17-12-8-14(16,9-12)13(10-15)6-4-11(2)5-7-13/h11-12,16H,3-9H2,1-2H3. The molecule has 0 saturated heterocycles. The normalized spacial score (nSPS) is 46.0. The molecule has 0 aromatic heterocycles. The summed E-state index contributed by atoms with van der Waals surface area (Å²) >= 11 is 0. The van der Waals surface area contributed by atoms with Crippen molar-refractivity contribution in [2.45, 2.75) is 64.1 Å². The van der Waals surface area contributed by atoms with Gasteiger partial charge >= 0.3 is 0 Å². The van der Waals surface area contributed by atoms with E-state index in [1.807, 2.05) is 6.92 Å². The Morgan fingerprint density at radius 1 is 1.35 bits per heavy atom. The number of hydrogen-bond donors (Lipinski definition) is 1. The number of ether oxygens (including phenoxy) is 1. The molecule has 0 heterocycles. The van der Waals surface area contributed by atoms with Gasteiger partial charge in [-0.1, -0.05) is 6.92 Å². The molecule has 0 radical (unpaired) electrons. The number of nitrogens with zero attached hydrogens (tertiary/aromatic N) is 1. The molecule has 0 aliphatic heterocycles. The van der Waals surface area contributed by atoms with E-state index in [1.54, 1.807) is 0 Å². The fraction of sp³-hybridized carbons (Fsp3) is 0.929. The second-order valence-corrected chi connectivity index (χ2v) is 5.89. The van der Waals surface area contributed by atoms with Crippen molar-refractivity contribution in [3.8, 4) is 6.07 Å². The van der Waals surface area contributed by atoms with Gasteiger partial charge in [0, 0.05) is 19.4 Å². The van der Waals surface area contributed by atoms with Crippen molar-refractivity contribution < 1.29 is 9.84 Å². The van der Waals surface area contributed by atoms with E-state index in [4.69, 9.17) is 4.74 Å². The Labute approximate surface area is 104 Å². The molecule has 2 saturated carbocycles.